The number of benzene rings is 1. The molecule has 3 rings (SSSR count). The molecular weight excluding hydrogens is 296 g/mol. The van der Waals surface area contributed by atoms with Crippen molar-refractivity contribution < 1.29 is 9.47 Å². The van der Waals surface area contributed by atoms with Gasteiger partial charge in [0.15, 0.2) is 0 Å². The van der Waals surface area contributed by atoms with Crippen LogP contribution >= 0.6 is 0 Å². The van der Waals surface area contributed by atoms with E-state index in [1.165, 1.54) is 36.0 Å². The molecule has 0 radical (unpaired) electrons. The van der Waals surface area contributed by atoms with E-state index in [4.69, 9.17) is 9.47 Å². The molecule has 2 heteroatoms. The number of aryl methyl sites for hydroxylation is 1. The van der Waals surface area contributed by atoms with Gasteiger partial charge in [-0.3, -0.25) is 0 Å². The second kappa shape index (κ2) is 6.82. The molecule has 0 N–H and O–H groups in total. The third kappa shape index (κ3) is 3.20. The zero-order valence-electron chi connectivity index (χ0n) is 15.8. The van der Waals surface area contributed by atoms with Crippen LogP contribution in [0.2, 0.25) is 0 Å². The standard InChI is InChI=1S/C22H32O2/c1-6-7-8-9-16-13-19(23-5)21-17-12-15(2)10-11-18(17)22(3,4)24-20(21)14-16/h13-14,17-18H,2,6-12H2,1,3-5H3/t17-,18-/m1/s1. The smallest absolute Gasteiger partial charge is 0.127 e. The Kier molecular flexibility index (Phi) is 4.94. The highest BCUT2D eigenvalue weighted by Gasteiger charge is 2.46. The van der Waals surface area contributed by atoms with Crippen LogP contribution in [0.25, 0.3) is 0 Å². The van der Waals surface area contributed by atoms with Gasteiger partial charge in [0, 0.05) is 17.4 Å². The van der Waals surface area contributed by atoms with Gasteiger partial charge in [-0.2, -0.15) is 0 Å². The molecular formula is C22H32O2. The molecule has 0 spiro atoms. The van der Waals surface area contributed by atoms with Crippen molar-refractivity contribution in [1.29, 1.82) is 0 Å². The average molecular weight is 328 g/mol. The maximum absolute atomic E-state index is 6.50. The minimum absolute atomic E-state index is 0.120. The van der Waals surface area contributed by atoms with E-state index < -0.39 is 0 Å². The number of unbranched alkanes of at least 4 members (excludes halogenated alkanes) is 2. The van der Waals surface area contributed by atoms with Crippen molar-refractivity contribution >= 4 is 0 Å². The third-order valence-corrected chi connectivity index (χ3v) is 5.89. The van der Waals surface area contributed by atoms with Crippen LogP contribution in [0, 0.1) is 5.92 Å². The molecule has 132 valence electrons. The molecule has 0 bridgehead atoms. The lowest BCUT2D eigenvalue weighted by atomic mass is 9.65. The number of hydrogen-bond acceptors (Lipinski definition) is 2. The predicted octanol–water partition coefficient (Wildman–Crippen LogP) is 6.04. The molecule has 1 aromatic rings. The van der Waals surface area contributed by atoms with E-state index in [2.05, 4.69) is 39.5 Å². The van der Waals surface area contributed by atoms with Crippen molar-refractivity contribution in [3.8, 4) is 11.5 Å². The van der Waals surface area contributed by atoms with Crippen molar-refractivity contribution in [3.05, 3.63) is 35.4 Å². The van der Waals surface area contributed by atoms with Crippen molar-refractivity contribution in [1.82, 2.24) is 0 Å². The fraction of sp³-hybridized carbons (Fsp3) is 0.636. The number of fused-ring (bicyclic) bond motifs is 3. The normalized spacial score (nSPS) is 24.8. The summed E-state index contributed by atoms with van der Waals surface area (Å²) in [5.41, 5.74) is 3.87. The maximum atomic E-state index is 6.50. The van der Waals surface area contributed by atoms with Crippen LogP contribution in [-0.4, -0.2) is 12.7 Å². The molecule has 24 heavy (non-hydrogen) atoms. The van der Waals surface area contributed by atoms with Gasteiger partial charge in [0.2, 0.25) is 0 Å². The molecule has 0 aromatic heterocycles. The molecule has 1 aliphatic carbocycles. The van der Waals surface area contributed by atoms with Crippen LogP contribution in [0.5, 0.6) is 11.5 Å². The van der Waals surface area contributed by atoms with Gasteiger partial charge in [0.25, 0.3) is 0 Å². The largest absolute Gasteiger partial charge is 0.496 e. The molecule has 1 aromatic carbocycles. The van der Waals surface area contributed by atoms with E-state index in [1.807, 2.05) is 0 Å². The molecule has 1 aliphatic heterocycles. The fourth-order valence-corrected chi connectivity index (χ4v) is 4.61. The molecule has 2 nitrogen and oxygen atoms in total. The number of ether oxygens (including phenoxy) is 2. The molecule has 2 aliphatic rings. The van der Waals surface area contributed by atoms with E-state index in [9.17, 15) is 0 Å². The number of methoxy groups -OCH3 is 1. The zero-order chi connectivity index (χ0) is 17.3. The summed E-state index contributed by atoms with van der Waals surface area (Å²) >= 11 is 0. The number of rotatable bonds is 5. The van der Waals surface area contributed by atoms with E-state index in [0.29, 0.717) is 11.8 Å². The Labute approximate surface area is 147 Å². The van der Waals surface area contributed by atoms with E-state index in [0.717, 1.165) is 37.2 Å². The van der Waals surface area contributed by atoms with Gasteiger partial charge in [-0.15, -0.1) is 0 Å². The van der Waals surface area contributed by atoms with Gasteiger partial charge < -0.3 is 9.47 Å². The minimum Gasteiger partial charge on any atom is -0.496 e. The van der Waals surface area contributed by atoms with Crippen LogP contribution < -0.4 is 9.47 Å². The predicted molar refractivity (Wildman–Crippen MR) is 100 cm³/mol. The van der Waals surface area contributed by atoms with Crippen LogP contribution in [0.3, 0.4) is 0 Å². The number of hydrogen-bond donors (Lipinski definition) is 0. The Balaban J connectivity index is 2.00. The quantitative estimate of drug-likeness (QED) is 0.484. The number of allylic oxidation sites excluding steroid dienone is 1. The van der Waals surface area contributed by atoms with E-state index in [-0.39, 0.29) is 5.60 Å². The van der Waals surface area contributed by atoms with Crippen molar-refractivity contribution in [3.63, 3.8) is 0 Å². The molecule has 0 amide bonds. The minimum atomic E-state index is -0.120. The van der Waals surface area contributed by atoms with Crippen LogP contribution in [-0.2, 0) is 6.42 Å². The molecule has 1 heterocycles. The Bertz CT molecular complexity index is 615. The Morgan fingerprint density at radius 2 is 2.08 bits per heavy atom. The lowest BCUT2D eigenvalue weighted by Gasteiger charge is -2.48. The summed E-state index contributed by atoms with van der Waals surface area (Å²) in [5.74, 6) is 3.07. The monoisotopic (exact) mass is 328 g/mol. The summed E-state index contributed by atoms with van der Waals surface area (Å²) in [4.78, 5) is 0. The highest BCUT2D eigenvalue weighted by molar-refractivity contribution is 5.53. The lowest BCUT2D eigenvalue weighted by Crippen LogP contribution is -2.46. The van der Waals surface area contributed by atoms with Crippen LogP contribution in [0.1, 0.15) is 76.3 Å². The molecule has 0 saturated heterocycles. The lowest BCUT2D eigenvalue weighted by molar-refractivity contribution is -0.000884. The first-order valence-corrected chi connectivity index (χ1v) is 9.52. The van der Waals surface area contributed by atoms with Gasteiger partial charge in [0.1, 0.15) is 17.1 Å². The first-order valence-electron chi connectivity index (χ1n) is 9.52. The molecule has 0 unspecified atom stereocenters. The summed E-state index contributed by atoms with van der Waals surface area (Å²) in [5, 5.41) is 0. The SMILES string of the molecule is C=C1CC[C@@H]2[C@@H](C1)c1c(OC)cc(CCCCC)cc1OC2(C)C. The fourth-order valence-electron chi connectivity index (χ4n) is 4.61. The van der Waals surface area contributed by atoms with Gasteiger partial charge >= 0.3 is 0 Å². The summed E-state index contributed by atoms with van der Waals surface area (Å²) < 4.78 is 12.3. The first-order chi connectivity index (χ1) is 11.5. The first kappa shape index (κ1) is 17.4. The van der Waals surface area contributed by atoms with Gasteiger partial charge in [-0.25, -0.2) is 0 Å². The third-order valence-electron chi connectivity index (χ3n) is 5.89. The molecule has 2 atom stereocenters. The van der Waals surface area contributed by atoms with Crippen molar-refractivity contribution in [2.45, 2.75) is 77.2 Å². The second-order valence-electron chi connectivity index (χ2n) is 8.08. The Morgan fingerprint density at radius 1 is 1.29 bits per heavy atom. The van der Waals surface area contributed by atoms with Crippen molar-refractivity contribution in [2.75, 3.05) is 7.11 Å². The zero-order valence-corrected chi connectivity index (χ0v) is 15.8. The summed E-state index contributed by atoms with van der Waals surface area (Å²) in [6.07, 6.45) is 8.20. The highest BCUT2D eigenvalue weighted by atomic mass is 16.5. The van der Waals surface area contributed by atoms with E-state index >= 15 is 0 Å². The Hall–Kier alpha value is -1.44. The van der Waals surface area contributed by atoms with Crippen LogP contribution in [0.15, 0.2) is 24.3 Å². The van der Waals surface area contributed by atoms with Crippen LogP contribution in [0.4, 0.5) is 0 Å². The molecule has 1 saturated carbocycles. The Morgan fingerprint density at radius 3 is 2.79 bits per heavy atom. The topological polar surface area (TPSA) is 18.5 Å². The summed E-state index contributed by atoms with van der Waals surface area (Å²) in [6.45, 7) is 11.0. The van der Waals surface area contributed by atoms with Gasteiger partial charge in [0.05, 0.1) is 7.11 Å². The maximum Gasteiger partial charge on any atom is 0.127 e. The van der Waals surface area contributed by atoms with Gasteiger partial charge in [-0.1, -0.05) is 31.9 Å². The van der Waals surface area contributed by atoms with Crippen molar-refractivity contribution in [2.24, 2.45) is 5.92 Å². The van der Waals surface area contributed by atoms with Gasteiger partial charge in [-0.05, 0) is 63.6 Å². The summed E-state index contributed by atoms with van der Waals surface area (Å²) in [6, 6.07) is 4.51. The highest BCUT2D eigenvalue weighted by Crippen LogP contribution is 2.55. The average Bonchev–Trinajstić information content (AvgIpc) is 2.53. The molecule has 1 fully saturated rings. The summed E-state index contributed by atoms with van der Waals surface area (Å²) in [7, 11) is 1.79. The second-order valence-corrected chi connectivity index (χ2v) is 8.08. The van der Waals surface area contributed by atoms with E-state index in [1.54, 1.807) is 7.11 Å².